The van der Waals surface area contributed by atoms with Crippen molar-refractivity contribution in [3.63, 3.8) is 0 Å². The van der Waals surface area contributed by atoms with Gasteiger partial charge >= 0.3 is 6.18 Å². The number of H-pyrrole nitrogens is 1. The number of rotatable bonds is 4. The fraction of sp³-hybridized carbons (Fsp3) is 0.333. The van der Waals surface area contributed by atoms with Crippen molar-refractivity contribution in [1.29, 1.82) is 0 Å². The first-order valence-electron chi connectivity index (χ1n) is 9.03. The van der Waals surface area contributed by atoms with Crippen LogP contribution in [0.2, 0.25) is 0 Å². The smallest absolute Gasteiger partial charge is 0.345 e. The van der Waals surface area contributed by atoms with E-state index in [2.05, 4.69) is 19.9 Å². The maximum absolute atomic E-state index is 14.5. The van der Waals surface area contributed by atoms with Crippen LogP contribution >= 0.6 is 0 Å². The van der Waals surface area contributed by atoms with Crippen molar-refractivity contribution < 1.29 is 31.1 Å². The van der Waals surface area contributed by atoms with Gasteiger partial charge in [0.15, 0.2) is 17.5 Å². The molecule has 2 N–H and O–H groups in total. The van der Waals surface area contributed by atoms with Gasteiger partial charge in [0, 0.05) is 23.6 Å². The van der Waals surface area contributed by atoms with Gasteiger partial charge in [-0.25, -0.2) is 28.1 Å². The number of alkyl halides is 4. The van der Waals surface area contributed by atoms with E-state index in [1.807, 2.05) is 0 Å². The molecule has 2 atom stereocenters. The van der Waals surface area contributed by atoms with E-state index in [1.54, 1.807) is 5.32 Å². The summed E-state index contributed by atoms with van der Waals surface area (Å²) >= 11 is 0. The predicted molar refractivity (Wildman–Crippen MR) is 96.7 cm³/mol. The molecule has 7 nitrogen and oxygen atoms in total. The van der Waals surface area contributed by atoms with Crippen LogP contribution in [0, 0.1) is 11.6 Å². The molecule has 4 rings (SSSR count). The molecule has 31 heavy (non-hydrogen) atoms. The number of hydrogen-bond acceptors (Lipinski definition) is 5. The van der Waals surface area contributed by atoms with Crippen molar-refractivity contribution in [2.75, 3.05) is 18.0 Å². The van der Waals surface area contributed by atoms with Gasteiger partial charge in [0.1, 0.15) is 30.2 Å². The molecule has 1 saturated heterocycles. The summed E-state index contributed by atoms with van der Waals surface area (Å²) < 4.78 is 79.4. The summed E-state index contributed by atoms with van der Waals surface area (Å²) in [4.78, 5) is 27.7. The summed E-state index contributed by atoms with van der Waals surface area (Å²) in [5, 5.41) is 1.99. The molecule has 0 radical (unpaired) electrons. The van der Waals surface area contributed by atoms with Crippen molar-refractivity contribution in [2.45, 2.75) is 24.8 Å². The van der Waals surface area contributed by atoms with Crippen LogP contribution in [0.25, 0.3) is 22.4 Å². The van der Waals surface area contributed by atoms with Gasteiger partial charge in [0.05, 0.1) is 18.9 Å². The van der Waals surface area contributed by atoms with Gasteiger partial charge in [-0.2, -0.15) is 13.2 Å². The first-order chi connectivity index (χ1) is 14.6. The molecule has 0 aromatic carbocycles. The molecule has 4 heterocycles. The molecule has 164 valence electrons. The van der Waals surface area contributed by atoms with E-state index in [0.29, 0.717) is 11.0 Å². The maximum Gasteiger partial charge on any atom is 0.405 e. The highest BCUT2D eigenvalue weighted by molar-refractivity contribution is 5.92. The number of carbonyl (C=O) groups excluding carboxylic acids is 1. The zero-order valence-electron chi connectivity index (χ0n) is 15.6. The van der Waals surface area contributed by atoms with Crippen LogP contribution in [0.4, 0.5) is 32.2 Å². The Labute approximate surface area is 170 Å². The summed E-state index contributed by atoms with van der Waals surface area (Å²) in [6.07, 6.45) is -3.45. The molecular weight excluding hydrogens is 430 g/mol. The number of aromatic nitrogens is 4. The zero-order chi connectivity index (χ0) is 22.3. The van der Waals surface area contributed by atoms with Crippen LogP contribution in [-0.4, -0.2) is 57.3 Å². The normalized spacial score (nSPS) is 19.2. The van der Waals surface area contributed by atoms with Crippen molar-refractivity contribution >= 4 is 22.8 Å². The van der Waals surface area contributed by atoms with Crippen LogP contribution in [0.3, 0.4) is 0 Å². The van der Waals surface area contributed by atoms with Gasteiger partial charge in [-0.05, 0) is 6.07 Å². The van der Waals surface area contributed by atoms with Gasteiger partial charge in [0.2, 0.25) is 5.91 Å². The van der Waals surface area contributed by atoms with E-state index in [-0.39, 0.29) is 11.4 Å². The van der Waals surface area contributed by atoms with Crippen molar-refractivity contribution in [3.8, 4) is 11.4 Å². The Kier molecular flexibility index (Phi) is 5.19. The maximum atomic E-state index is 14.5. The second kappa shape index (κ2) is 7.71. The third-order valence-electron chi connectivity index (χ3n) is 4.75. The second-order valence-corrected chi connectivity index (χ2v) is 6.95. The van der Waals surface area contributed by atoms with Gasteiger partial charge < -0.3 is 15.2 Å². The number of nitrogens with zero attached hydrogens (tertiary/aromatic N) is 4. The number of aromatic amines is 1. The van der Waals surface area contributed by atoms with Crippen molar-refractivity contribution in [2.24, 2.45) is 0 Å². The Hall–Kier alpha value is -3.38. The average Bonchev–Trinajstić information content (AvgIpc) is 3.29. The van der Waals surface area contributed by atoms with E-state index in [9.17, 15) is 31.1 Å². The fourth-order valence-electron chi connectivity index (χ4n) is 3.42. The van der Waals surface area contributed by atoms with Crippen molar-refractivity contribution in [1.82, 2.24) is 25.3 Å². The van der Waals surface area contributed by atoms with E-state index < -0.39 is 61.3 Å². The molecule has 0 bridgehead atoms. The molecule has 13 heteroatoms. The Morgan fingerprint density at radius 3 is 2.77 bits per heavy atom. The third kappa shape index (κ3) is 4.25. The summed E-state index contributed by atoms with van der Waals surface area (Å²) in [6.45, 7) is -2.04. The molecule has 0 unspecified atom stereocenters. The van der Waals surface area contributed by atoms with E-state index in [4.69, 9.17) is 0 Å². The van der Waals surface area contributed by atoms with Gasteiger partial charge in [-0.1, -0.05) is 0 Å². The molecular formula is C18H14F6N6O. The van der Waals surface area contributed by atoms with E-state index in [1.165, 1.54) is 12.3 Å². The van der Waals surface area contributed by atoms with Gasteiger partial charge in [-0.3, -0.25) is 4.79 Å². The Morgan fingerprint density at radius 2 is 2.03 bits per heavy atom. The van der Waals surface area contributed by atoms with Crippen LogP contribution in [0.1, 0.15) is 6.42 Å². The fourth-order valence-corrected chi connectivity index (χ4v) is 3.42. The first kappa shape index (κ1) is 20.9. The van der Waals surface area contributed by atoms with Crippen LogP contribution in [0.15, 0.2) is 24.7 Å². The van der Waals surface area contributed by atoms with E-state index in [0.717, 1.165) is 17.3 Å². The highest BCUT2D eigenvalue weighted by atomic mass is 19.4. The second-order valence-electron chi connectivity index (χ2n) is 6.95. The van der Waals surface area contributed by atoms with Crippen LogP contribution < -0.4 is 10.2 Å². The average molecular weight is 444 g/mol. The number of nitrogens with one attached hydrogen (secondary N) is 2. The highest BCUT2D eigenvalue weighted by Crippen LogP contribution is 2.31. The largest absolute Gasteiger partial charge is 0.405 e. The van der Waals surface area contributed by atoms with Crippen LogP contribution in [-0.2, 0) is 4.79 Å². The molecule has 0 saturated carbocycles. The molecule has 1 fully saturated rings. The van der Waals surface area contributed by atoms with Crippen molar-refractivity contribution in [3.05, 3.63) is 36.3 Å². The summed E-state index contributed by atoms with van der Waals surface area (Å²) in [5.74, 6) is -3.23. The summed E-state index contributed by atoms with van der Waals surface area (Å²) in [6, 6.07) is -0.224. The molecule has 1 aliphatic heterocycles. The number of pyridine rings is 1. The molecule has 1 amide bonds. The minimum atomic E-state index is -4.65. The minimum Gasteiger partial charge on any atom is -0.345 e. The minimum absolute atomic E-state index is 0.0631. The highest BCUT2D eigenvalue weighted by Gasteiger charge is 2.40. The SMILES string of the molecule is O=C(NCC(F)(F)F)[C@H]1C[C@H](F)CN1c1nc(-c2c[nH]c3ncc(F)cc23)ncc1F. The topological polar surface area (TPSA) is 86.8 Å². The standard InChI is InChI=1S/C18H14F6N6O/c19-8-1-10-11(4-26-14(10)25-3-8)15-27-5-12(21)16(29-15)30-6-9(20)2-13(30)17(31)28-7-18(22,23)24/h1,3-5,9,13H,2,6-7H2,(H,25,26)(H,28,31)/t9-,13+/m0/s1. The molecule has 0 spiro atoms. The number of amides is 1. The first-order valence-corrected chi connectivity index (χ1v) is 9.03. The van der Waals surface area contributed by atoms with Crippen LogP contribution in [0.5, 0.6) is 0 Å². The lowest BCUT2D eigenvalue weighted by atomic mass is 10.2. The Balaban J connectivity index is 1.68. The number of halogens is 6. The van der Waals surface area contributed by atoms with Gasteiger partial charge in [-0.15, -0.1) is 0 Å². The predicted octanol–water partition coefficient (Wildman–Crippen LogP) is 2.89. The Bertz CT molecular complexity index is 1130. The summed E-state index contributed by atoms with van der Waals surface area (Å²) in [7, 11) is 0. The zero-order valence-corrected chi connectivity index (χ0v) is 15.6. The number of hydrogen-bond donors (Lipinski definition) is 2. The lowest BCUT2D eigenvalue weighted by Gasteiger charge is -2.25. The Morgan fingerprint density at radius 1 is 1.26 bits per heavy atom. The van der Waals surface area contributed by atoms with Gasteiger partial charge in [0.25, 0.3) is 0 Å². The number of carbonyl (C=O) groups is 1. The number of anilines is 1. The number of fused-ring (bicyclic) bond motifs is 1. The lowest BCUT2D eigenvalue weighted by Crippen LogP contribution is -2.46. The molecule has 3 aromatic rings. The molecule has 3 aromatic heterocycles. The third-order valence-corrected chi connectivity index (χ3v) is 4.75. The molecule has 0 aliphatic carbocycles. The lowest BCUT2D eigenvalue weighted by molar-refractivity contribution is -0.139. The summed E-state index contributed by atoms with van der Waals surface area (Å²) in [5.41, 5.74) is 0.595. The molecule has 1 aliphatic rings. The van der Waals surface area contributed by atoms with E-state index >= 15 is 0 Å². The quantitative estimate of drug-likeness (QED) is 0.605. The monoisotopic (exact) mass is 444 g/mol.